The molecule has 1 aromatic carbocycles. The summed E-state index contributed by atoms with van der Waals surface area (Å²) in [5.41, 5.74) is 0.444. The van der Waals surface area contributed by atoms with Crippen LogP contribution in [0.2, 0.25) is 18.6 Å². The van der Waals surface area contributed by atoms with Crippen LogP contribution < -0.4 is 5.19 Å². The molecule has 0 saturated carbocycles. The summed E-state index contributed by atoms with van der Waals surface area (Å²) in [4.78, 5) is 11.7. The summed E-state index contributed by atoms with van der Waals surface area (Å²) >= 11 is 0. The van der Waals surface area contributed by atoms with E-state index in [1.54, 1.807) is 0 Å². The molecule has 0 aromatic heterocycles. The molecular formula is C17H28O2Si. The fourth-order valence-electron chi connectivity index (χ4n) is 2.64. The molecule has 0 aliphatic carbocycles. The van der Waals surface area contributed by atoms with Crippen molar-refractivity contribution in [3.05, 3.63) is 30.3 Å². The molecule has 0 aliphatic rings. The predicted octanol–water partition coefficient (Wildman–Crippen LogP) is 3.97. The lowest BCUT2D eigenvalue weighted by molar-refractivity contribution is -0.140. The summed E-state index contributed by atoms with van der Waals surface area (Å²) in [5.74, 6) is 0.603. The lowest BCUT2D eigenvalue weighted by atomic mass is 10.0. The summed E-state index contributed by atoms with van der Waals surface area (Å²) in [6.45, 7) is 9.23. The molecule has 1 atom stereocenters. The van der Waals surface area contributed by atoms with Gasteiger partial charge in [0.15, 0.2) is 0 Å². The van der Waals surface area contributed by atoms with Gasteiger partial charge in [0.2, 0.25) is 0 Å². The van der Waals surface area contributed by atoms with E-state index in [0.29, 0.717) is 17.9 Å². The van der Waals surface area contributed by atoms with Gasteiger partial charge in [-0.2, -0.15) is 0 Å². The predicted molar refractivity (Wildman–Crippen MR) is 88.0 cm³/mol. The number of hydrogen-bond donors (Lipinski definition) is 0. The van der Waals surface area contributed by atoms with Crippen molar-refractivity contribution in [1.82, 2.24) is 0 Å². The lowest BCUT2D eigenvalue weighted by Gasteiger charge is -2.33. The van der Waals surface area contributed by atoms with Crippen LogP contribution in [0.3, 0.4) is 0 Å². The van der Waals surface area contributed by atoms with E-state index in [9.17, 15) is 4.79 Å². The topological polar surface area (TPSA) is 26.3 Å². The minimum Gasteiger partial charge on any atom is -0.469 e. The van der Waals surface area contributed by atoms with E-state index in [0.717, 1.165) is 6.42 Å². The lowest BCUT2D eigenvalue weighted by Crippen LogP contribution is -2.46. The maximum Gasteiger partial charge on any atom is 0.305 e. The maximum atomic E-state index is 11.7. The Labute approximate surface area is 124 Å². The van der Waals surface area contributed by atoms with Gasteiger partial charge in [-0.05, 0) is 11.5 Å². The van der Waals surface area contributed by atoms with Crippen molar-refractivity contribution >= 4 is 19.2 Å². The molecule has 112 valence electrons. The number of rotatable bonds is 7. The van der Waals surface area contributed by atoms with E-state index < -0.39 is 8.07 Å². The van der Waals surface area contributed by atoms with Crippen molar-refractivity contribution < 1.29 is 9.53 Å². The van der Waals surface area contributed by atoms with Crippen LogP contribution in [0.5, 0.6) is 0 Å². The number of ether oxygens (including phenoxy) is 1. The second-order valence-electron chi connectivity index (χ2n) is 6.54. The smallest absolute Gasteiger partial charge is 0.305 e. The van der Waals surface area contributed by atoms with Crippen molar-refractivity contribution in [2.24, 2.45) is 5.92 Å². The molecule has 0 saturated heterocycles. The van der Waals surface area contributed by atoms with Crippen molar-refractivity contribution in [2.45, 2.75) is 51.7 Å². The molecule has 1 rings (SSSR count). The third-order valence-electron chi connectivity index (χ3n) is 4.27. The van der Waals surface area contributed by atoms with Crippen LogP contribution in [0.4, 0.5) is 0 Å². The Morgan fingerprint density at radius 3 is 2.25 bits per heavy atom. The third-order valence-corrected chi connectivity index (χ3v) is 8.63. The number of carbonyl (C=O) groups is 1. The summed E-state index contributed by atoms with van der Waals surface area (Å²) in [6.07, 6.45) is 2.84. The van der Waals surface area contributed by atoms with E-state index >= 15 is 0 Å². The van der Waals surface area contributed by atoms with E-state index in [1.807, 2.05) is 0 Å². The molecule has 0 N–H and O–H groups in total. The number of carbonyl (C=O) groups excluding carboxylic acids is 1. The Kier molecular flexibility index (Phi) is 6.47. The van der Waals surface area contributed by atoms with Gasteiger partial charge in [-0.15, -0.1) is 0 Å². The van der Waals surface area contributed by atoms with Crippen molar-refractivity contribution in [3.63, 3.8) is 0 Å². The van der Waals surface area contributed by atoms with Crippen LogP contribution in [0.1, 0.15) is 33.1 Å². The normalized spacial score (nSPS) is 13.3. The molecule has 1 aromatic rings. The van der Waals surface area contributed by atoms with Crippen LogP contribution in [0, 0.1) is 5.92 Å². The van der Waals surface area contributed by atoms with Crippen molar-refractivity contribution in [2.75, 3.05) is 7.11 Å². The Morgan fingerprint density at radius 1 is 1.15 bits per heavy atom. The molecule has 2 nitrogen and oxygen atoms in total. The van der Waals surface area contributed by atoms with Crippen LogP contribution in [0.25, 0.3) is 0 Å². The van der Waals surface area contributed by atoms with Crippen molar-refractivity contribution in [3.8, 4) is 0 Å². The van der Waals surface area contributed by atoms with Gasteiger partial charge in [-0.1, -0.05) is 75.3 Å². The molecule has 0 spiro atoms. The van der Waals surface area contributed by atoms with Crippen molar-refractivity contribution in [1.29, 1.82) is 0 Å². The quantitative estimate of drug-likeness (QED) is 0.561. The van der Waals surface area contributed by atoms with E-state index in [4.69, 9.17) is 4.74 Å². The van der Waals surface area contributed by atoms with E-state index in [1.165, 1.54) is 18.7 Å². The SMILES string of the molecule is COC(=O)C[C@H](CCC(C)C)[Si](C)(C)c1ccccc1. The molecule has 0 aliphatic heterocycles. The zero-order valence-electron chi connectivity index (χ0n) is 13.5. The van der Waals surface area contributed by atoms with E-state index in [2.05, 4.69) is 57.3 Å². The second-order valence-corrected chi connectivity index (χ2v) is 11.4. The first-order valence-electron chi connectivity index (χ1n) is 7.50. The molecule has 0 bridgehead atoms. The van der Waals surface area contributed by atoms with Gasteiger partial charge >= 0.3 is 5.97 Å². The highest BCUT2D eigenvalue weighted by Gasteiger charge is 2.34. The van der Waals surface area contributed by atoms with Gasteiger partial charge in [-0.25, -0.2) is 0 Å². The fourth-order valence-corrected chi connectivity index (χ4v) is 5.73. The first-order chi connectivity index (χ1) is 9.37. The monoisotopic (exact) mass is 292 g/mol. The van der Waals surface area contributed by atoms with Crippen LogP contribution in [0.15, 0.2) is 30.3 Å². The highest BCUT2D eigenvalue weighted by Crippen LogP contribution is 2.32. The van der Waals surface area contributed by atoms with Gasteiger partial charge in [0.05, 0.1) is 15.2 Å². The molecule has 0 radical (unpaired) electrons. The Morgan fingerprint density at radius 2 is 1.75 bits per heavy atom. The molecule has 0 fully saturated rings. The van der Waals surface area contributed by atoms with Crippen LogP contribution >= 0.6 is 0 Å². The summed E-state index contributed by atoms with van der Waals surface area (Å²) in [6, 6.07) is 10.7. The number of esters is 1. The van der Waals surface area contributed by atoms with Gasteiger partial charge in [0, 0.05) is 6.42 Å². The number of methoxy groups -OCH3 is 1. The van der Waals surface area contributed by atoms with Gasteiger partial charge in [0.25, 0.3) is 0 Å². The third kappa shape index (κ3) is 4.78. The highest BCUT2D eigenvalue weighted by atomic mass is 28.3. The Bertz CT molecular complexity index is 412. The standard InChI is InChI=1S/C17H28O2Si/c1-14(2)11-12-16(13-17(18)19-3)20(4,5)15-9-7-6-8-10-15/h6-10,14,16H,11-13H2,1-5H3/t16-/m0/s1. The average Bonchev–Trinajstić information content (AvgIpc) is 2.43. The maximum absolute atomic E-state index is 11.7. The van der Waals surface area contributed by atoms with Gasteiger partial charge < -0.3 is 4.74 Å². The Balaban J connectivity index is 2.92. The number of hydrogen-bond acceptors (Lipinski definition) is 2. The highest BCUT2D eigenvalue weighted by molar-refractivity contribution is 6.91. The molecule has 20 heavy (non-hydrogen) atoms. The van der Waals surface area contributed by atoms with E-state index in [-0.39, 0.29) is 5.97 Å². The fraction of sp³-hybridized carbons (Fsp3) is 0.588. The summed E-state index contributed by atoms with van der Waals surface area (Å²) in [5, 5.41) is 1.43. The number of benzene rings is 1. The average molecular weight is 292 g/mol. The first kappa shape index (κ1) is 17.0. The zero-order chi connectivity index (χ0) is 15.2. The molecule has 0 heterocycles. The summed E-state index contributed by atoms with van der Waals surface area (Å²) < 4.78 is 4.90. The largest absolute Gasteiger partial charge is 0.469 e. The molecule has 0 amide bonds. The van der Waals surface area contributed by atoms with Gasteiger partial charge in [-0.3, -0.25) is 4.79 Å². The van der Waals surface area contributed by atoms with Crippen LogP contribution in [-0.2, 0) is 9.53 Å². The molecule has 0 unspecified atom stereocenters. The second kappa shape index (κ2) is 7.63. The molecular weight excluding hydrogens is 264 g/mol. The first-order valence-corrected chi connectivity index (χ1v) is 10.6. The minimum atomic E-state index is -1.66. The van der Waals surface area contributed by atoms with Crippen LogP contribution in [-0.4, -0.2) is 21.2 Å². The van der Waals surface area contributed by atoms with Gasteiger partial charge in [0.1, 0.15) is 0 Å². The minimum absolute atomic E-state index is 0.0738. The Hall–Kier alpha value is -1.09. The zero-order valence-corrected chi connectivity index (χ0v) is 14.5. The molecule has 3 heteroatoms. The summed E-state index contributed by atoms with van der Waals surface area (Å²) in [7, 11) is -0.171.